The molecular weight excluding hydrogens is 605 g/mol. The number of para-hydroxylation sites is 2. The maximum Gasteiger partial charge on any atom is 0.0760 e. The summed E-state index contributed by atoms with van der Waals surface area (Å²) in [6.07, 6.45) is 8.70. The third-order valence-electron chi connectivity index (χ3n) is 10.3. The predicted molar refractivity (Wildman–Crippen MR) is 213 cm³/mol. The molecule has 0 radical (unpaired) electrons. The van der Waals surface area contributed by atoms with Gasteiger partial charge in [0.05, 0.1) is 11.4 Å². The van der Waals surface area contributed by atoms with E-state index >= 15 is 0 Å². The lowest BCUT2D eigenvalue weighted by molar-refractivity contribution is 1.21. The van der Waals surface area contributed by atoms with E-state index in [0.29, 0.717) is 0 Å². The molecule has 0 aromatic heterocycles. The van der Waals surface area contributed by atoms with Crippen LogP contribution in [0.15, 0.2) is 193 Å². The Bertz CT molecular complexity index is 2630. The molecule has 1 atom stereocenters. The van der Waals surface area contributed by atoms with Crippen molar-refractivity contribution in [1.29, 1.82) is 0 Å². The summed E-state index contributed by atoms with van der Waals surface area (Å²) in [6, 6.07) is 59.2. The molecular formula is C48H32N2. The van der Waals surface area contributed by atoms with Crippen molar-refractivity contribution in [2.24, 2.45) is 4.99 Å². The van der Waals surface area contributed by atoms with Crippen LogP contribution in [0.3, 0.4) is 0 Å². The number of rotatable bonds is 5. The van der Waals surface area contributed by atoms with Gasteiger partial charge in [0.15, 0.2) is 0 Å². The quantitative estimate of drug-likeness (QED) is 0.172. The maximum atomic E-state index is 5.20. The third-order valence-corrected chi connectivity index (χ3v) is 10.3. The number of nitrogens with zero attached hydrogens (tertiary/aromatic N) is 2. The summed E-state index contributed by atoms with van der Waals surface area (Å²) in [7, 11) is 0. The topological polar surface area (TPSA) is 15.6 Å². The van der Waals surface area contributed by atoms with Crippen LogP contribution in [0.1, 0.15) is 11.5 Å². The number of benzene rings is 8. The van der Waals surface area contributed by atoms with Crippen molar-refractivity contribution in [2.45, 2.75) is 5.92 Å². The van der Waals surface area contributed by atoms with E-state index < -0.39 is 0 Å². The van der Waals surface area contributed by atoms with Gasteiger partial charge in [-0.05, 0) is 103 Å². The molecule has 8 aromatic rings. The fourth-order valence-corrected chi connectivity index (χ4v) is 7.90. The molecule has 50 heavy (non-hydrogen) atoms. The van der Waals surface area contributed by atoms with Crippen LogP contribution in [0.2, 0.25) is 0 Å². The third kappa shape index (κ3) is 4.61. The van der Waals surface area contributed by atoms with Gasteiger partial charge in [-0.15, -0.1) is 0 Å². The second kappa shape index (κ2) is 11.6. The average molecular weight is 637 g/mol. The zero-order valence-corrected chi connectivity index (χ0v) is 27.4. The van der Waals surface area contributed by atoms with Crippen LogP contribution in [0, 0.1) is 0 Å². The molecule has 0 saturated carbocycles. The van der Waals surface area contributed by atoms with Crippen molar-refractivity contribution in [1.82, 2.24) is 0 Å². The maximum absolute atomic E-state index is 5.20. The van der Waals surface area contributed by atoms with Gasteiger partial charge in [0.1, 0.15) is 0 Å². The molecule has 2 aliphatic rings. The molecule has 234 valence electrons. The number of fused-ring (bicyclic) bond motifs is 10. The number of aliphatic imine (C=N–C) groups is 1. The van der Waals surface area contributed by atoms with E-state index in [1.165, 1.54) is 60.1 Å². The Balaban J connectivity index is 1.04. The van der Waals surface area contributed by atoms with Gasteiger partial charge in [0, 0.05) is 28.4 Å². The Hall–Kier alpha value is -6.51. The lowest BCUT2D eigenvalue weighted by Crippen LogP contribution is -2.09. The van der Waals surface area contributed by atoms with Gasteiger partial charge in [0.25, 0.3) is 0 Å². The summed E-state index contributed by atoms with van der Waals surface area (Å²) in [6.45, 7) is 0. The van der Waals surface area contributed by atoms with Crippen LogP contribution < -0.4 is 4.90 Å². The normalized spacial score (nSPS) is 14.6. The van der Waals surface area contributed by atoms with Crippen molar-refractivity contribution >= 4 is 60.8 Å². The Morgan fingerprint density at radius 3 is 1.74 bits per heavy atom. The predicted octanol–water partition coefficient (Wildman–Crippen LogP) is 13.2. The smallest absolute Gasteiger partial charge is 0.0760 e. The van der Waals surface area contributed by atoms with Crippen molar-refractivity contribution in [3.8, 4) is 22.3 Å². The molecule has 1 unspecified atom stereocenters. The summed E-state index contributed by atoms with van der Waals surface area (Å²) in [5.74, 6) is 0.192. The van der Waals surface area contributed by atoms with Crippen molar-refractivity contribution < 1.29 is 0 Å². The molecule has 0 bridgehead atoms. The zero-order chi connectivity index (χ0) is 33.0. The van der Waals surface area contributed by atoms with Gasteiger partial charge < -0.3 is 4.90 Å². The van der Waals surface area contributed by atoms with E-state index in [4.69, 9.17) is 4.99 Å². The standard InChI is InChI=1S/C48H32N2/c1-3-12-37(13-4-1)50(38-14-5-2-6-15-38)39-27-23-33(24-28-39)32-19-21-34(22-20-32)36-26-29-41-44(31-36)46-40-16-8-7-11-35(40)25-30-43(46)48-47(41)42-17-9-10-18-45(42)49-48/h1-31,42H. The SMILES string of the molecule is C1=CC2=Nc3c(c4ccc(-c5ccc(-c6ccc(N(c7ccccc7)c7ccccc7)cc6)cc5)cc4c4c3ccc3ccccc34)C2C=C1. The second-order valence-corrected chi connectivity index (χ2v) is 13.1. The van der Waals surface area contributed by atoms with E-state index in [0.717, 1.165) is 28.5 Å². The molecule has 2 nitrogen and oxygen atoms in total. The first-order chi connectivity index (χ1) is 24.8. The van der Waals surface area contributed by atoms with E-state index in [2.05, 4.69) is 193 Å². The van der Waals surface area contributed by atoms with E-state index in [1.54, 1.807) is 0 Å². The Kier molecular flexibility index (Phi) is 6.60. The number of hydrogen-bond donors (Lipinski definition) is 0. The van der Waals surface area contributed by atoms with Gasteiger partial charge in [-0.1, -0.05) is 140 Å². The fourth-order valence-electron chi connectivity index (χ4n) is 7.90. The molecule has 1 heterocycles. The first kappa shape index (κ1) is 28.5. The molecule has 0 saturated heterocycles. The van der Waals surface area contributed by atoms with Crippen molar-refractivity contribution in [2.75, 3.05) is 4.90 Å². The Morgan fingerprint density at radius 1 is 0.440 bits per heavy atom. The highest BCUT2D eigenvalue weighted by atomic mass is 15.1. The minimum Gasteiger partial charge on any atom is -0.311 e. The average Bonchev–Trinajstić information content (AvgIpc) is 3.59. The van der Waals surface area contributed by atoms with Crippen LogP contribution in [0.4, 0.5) is 22.7 Å². The molecule has 2 heteroatoms. The summed E-state index contributed by atoms with van der Waals surface area (Å²) in [5, 5.41) is 7.60. The van der Waals surface area contributed by atoms with Gasteiger partial charge in [-0.2, -0.15) is 0 Å². The van der Waals surface area contributed by atoms with Crippen LogP contribution in [-0.4, -0.2) is 5.71 Å². The lowest BCUT2D eigenvalue weighted by Gasteiger charge is -2.25. The van der Waals surface area contributed by atoms with Gasteiger partial charge in [0.2, 0.25) is 0 Å². The molecule has 10 rings (SSSR count). The number of hydrogen-bond acceptors (Lipinski definition) is 2. The zero-order valence-electron chi connectivity index (χ0n) is 27.4. The van der Waals surface area contributed by atoms with Gasteiger partial charge in [-0.3, -0.25) is 4.99 Å². The first-order valence-corrected chi connectivity index (χ1v) is 17.3. The van der Waals surface area contributed by atoms with Crippen LogP contribution in [-0.2, 0) is 0 Å². The van der Waals surface area contributed by atoms with E-state index in [1.807, 2.05) is 0 Å². The molecule has 8 aromatic carbocycles. The Labute approximate surface area is 291 Å². The number of allylic oxidation sites excluding steroid dienone is 4. The summed E-state index contributed by atoms with van der Waals surface area (Å²) in [4.78, 5) is 7.49. The van der Waals surface area contributed by atoms with Crippen LogP contribution >= 0.6 is 0 Å². The van der Waals surface area contributed by atoms with E-state index in [9.17, 15) is 0 Å². The lowest BCUT2D eigenvalue weighted by atomic mass is 9.84. The number of anilines is 3. The van der Waals surface area contributed by atoms with Gasteiger partial charge >= 0.3 is 0 Å². The molecule has 0 N–H and O–H groups in total. The minimum atomic E-state index is 0.192. The largest absolute Gasteiger partial charge is 0.311 e. The fraction of sp³-hybridized carbons (Fsp3) is 0.0208. The van der Waals surface area contributed by atoms with Crippen molar-refractivity contribution in [3.05, 3.63) is 194 Å². The molecule has 0 spiro atoms. The summed E-state index contributed by atoms with van der Waals surface area (Å²) in [5.41, 5.74) is 11.8. The molecule has 1 aliphatic heterocycles. The van der Waals surface area contributed by atoms with Crippen LogP contribution in [0.25, 0.3) is 54.6 Å². The highest BCUT2D eigenvalue weighted by Gasteiger charge is 2.29. The highest BCUT2D eigenvalue weighted by Crippen LogP contribution is 2.50. The first-order valence-electron chi connectivity index (χ1n) is 17.3. The Morgan fingerprint density at radius 2 is 1.02 bits per heavy atom. The minimum absolute atomic E-state index is 0.192. The summed E-state index contributed by atoms with van der Waals surface area (Å²) < 4.78 is 0. The second-order valence-electron chi connectivity index (χ2n) is 13.1. The highest BCUT2D eigenvalue weighted by molar-refractivity contribution is 6.28. The monoisotopic (exact) mass is 636 g/mol. The molecule has 1 aliphatic carbocycles. The van der Waals surface area contributed by atoms with Crippen LogP contribution in [0.5, 0.6) is 0 Å². The van der Waals surface area contributed by atoms with Gasteiger partial charge in [-0.25, -0.2) is 0 Å². The van der Waals surface area contributed by atoms with Crippen molar-refractivity contribution in [3.63, 3.8) is 0 Å². The molecule has 0 fully saturated rings. The summed E-state index contributed by atoms with van der Waals surface area (Å²) >= 11 is 0. The van der Waals surface area contributed by atoms with E-state index in [-0.39, 0.29) is 5.92 Å². The molecule has 0 amide bonds.